The van der Waals surface area contributed by atoms with Gasteiger partial charge in [0.1, 0.15) is 6.61 Å². The van der Waals surface area contributed by atoms with E-state index in [-0.39, 0.29) is 5.91 Å². The van der Waals surface area contributed by atoms with E-state index in [1.54, 1.807) is 13.2 Å². The van der Waals surface area contributed by atoms with Gasteiger partial charge in [0.05, 0.1) is 7.11 Å². The van der Waals surface area contributed by atoms with Crippen LogP contribution in [0.1, 0.15) is 52.7 Å². The Morgan fingerprint density at radius 2 is 1.63 bits per heavy atom. The van der Waals surface area contributed by atoms with E-state index in [4.69, 9.17) is 9.47 Å². The second-order valence-corrected chi connectivity index (χ2v) is 7.12. The molecule has 0 spiro atoms. The Labute approximate surface area is 213 Å². The predicted octanol–water partition coefficient (Wildman–Crippen LogP) is 7.62. The number of methoxy groups -OCH3 is 1. The molecule has 4 heteroatoms. The van der Waals surface area contributed by atoms with Gasteiger partial charge >= 0.3 is 0 Å². The normalized spacial score (nSPS) is 10.7. The molecule has 0 saturated carbocycles. The Kier molecular flexibility index (Phi) is 17.9. The Morgan fingerprint density at radius 3 is 2.23 bits per heavy atom. The second kappa shape index (κ2) is 19.9. The van der Waals surface area contributed by atoms with Gasteiger partial charge in [0.25, 0.3) is 0 Å². The maximum absolute atomic E-state index is 12.1. The lowest BCUT2D eigenvalue weighted by Gasteiger charge is -2.12. The highest BCUT2D eigenvalue weighted by atomic mass is 16.5. The van der Waals surface area contributed by atoms with Gasteiger partial charge in [-0.2, -0.15) is 0 Å². The molecule has 2 aromatic rings. The first kappa shape index (κ1) is 31.5. The molecule has 0 fully saturated rings. The Morgan fingerprint density at radius 1 is 0.943 bits per heavy atom. The van der Waals surface area contributed by atoms with E-state index < -0.39 is 0 Å². The number of benzene rings is 2. The lowest BCUT2D eigenvalue weighted by atomic mass is 10.1. The average Bonchev–Trinajstić information content (AvgIpc) is 2.89. The van der Waals surface area contributed by atoms with Crippen LogP contribution >= 0.6 is 0 Å². The van der Waals surface area contributed by atoms with Gasteiger partial charge in [0.2, 0.25) is 5.91 Å². The van der Waals surface area contributed by atoms with Crippen LogP contribution in [-0.2, 0) is 17.8 Å². The minimum atomic E-state index is -0.133. The lowest BCUT2D eigenvalue weighted by Crippen LogP contribution is -2.23. The molecule has 0 saturated heterocycles. The van der Waals surface area contributed by atoms with Crippen molar-refractivity contribution in [2.24, 2.45) is 0 Å². The summed E-state index contributed by atoms with van der Waals surface area (Å²) < 4.78 is 11.4. The summed E-state index contributed by atoms with van der Waals surface area (Å²) in [6, 6.07) is 15.8. The number of allylic oxidation sites excluding steroid dienone is 6. The highest BCUT2D eigenvalue weighted by Crippen LogP contribution is 2.29. The fraction of sp³-hybridized carbons (Fsp3) is 0.323. The fourth-order valence-electron chi connectivity index (χ4n) is 2.91. The van der Waals surface area contributed by atoms with Crippen LogP contribution in [0, 0.1) is 0 Å². The van der Waals surface area contributed by atoms with Gasteiger partial charge in [-0.15, -0.1) is 0 Å². The third-order valence-electron chi connectivity index (χ3n) is 4.38. The van der Waals surface area contributed by atoms with Crippen molar-refractivity contribution in [3.8, 4) is 11.5 Å². The van der Waals surface area contributed by atoms with Crippen LogP contribution in [0.5, 0.6) is 11.5 Å². The van der Waals surface area contributed by atoms with E-state index in [0.717, 1.165) is 22.3 Å². The number of carbonyl (C=O) groups is 1. The summed E-state index contributed by atoms with van der Waals surface area (Å²) in [5, 5.41) is 2.92. The summed E-state index contributed by atoms with van der Waals surface area (Å²) >= 11 is 0. The van der Waals surface area contributed by atoms with E-state index in [1.807, 2.05) is 108 Å². The molecule has 0 heterocycles. The van der Waals surface area contributed by atoms with Gasteiger partial charge in [-0.3, -0.25) is 4.79 Å². The van der Waals surface area contributed by atoms with Crippen LogP contribution in [0.4, 0.5) is 0 Å². The van der Waals surface area contributed by atoms with Gasteiger partial charge in [-0.25, -0.2) is 0 Å². The molecule has 0 aromatic heterocycles. The Bertz CT molecular complexity index is 956. The number of ether oxygens (including phenoxy) is 2. The van der Waals surface area contributed by atoms with Gasteiger partial charge in [0, 0.05) is 12.6 Å². The van der Waals surface area contributed by atoms with Crippen molar-refractivity contribution in [3.63, 3.8) is 0 Å². The van der Waals surface area contributed by atoms with Crippen molar-refractivity contribution in [2.75, 3.05) is 13.7 Å². The SMILES string of the molecule is C=C(C)/C=C(\C=C/C)/C=C/C(=O)NCCc1ccc(OC)c(OCc2ccccc2)c1.CC.CC. The van der Waals surface area contributed by atoms with Crippen molar-refractivity contribution in [1.82, 2.24) is 5.32 Å². The molecule has 1 amide bonds. The quantitative estimate of drug-likeness (QED) is 0.267. The average molecular weight is 478 g/mol. The van der Waals surface area contributed by atoms with Gasteiger partial charge in [-0.05, 0) is 55.2 Å². The zero-order chi connectivity index (χ0) is 26.5. The van der Waals surface area contributed by atoms with Crippen LogP contribution < -0.4 is 14.8 Å². The van der Waals surface area contributed by atoms with Crippen molar-refractivity contribution in [1.29, 1.82) is 0 Å². The molecule has 0 bridgehead atoms. The Balaban J connectivity index is 0.00000274. The molecular weight excluding hydrogens is 434 g/mol. The van der Waals surface area contributed by atoms with Crippen LogP contribution in [0.15, 0.2) is 96.6 Å². The number of rotatable bonds is 11. The first-order chi connectivity index (χ1) is 17.0. The minimum Gasteiger partial charge on any atom is -0.493 e. The maximum atomic E-state index is 12.1. The Hall–Kier alpha value is -3.53. The highest BCUT2D eigenvalue weighted by Gasteiger charge is 2.07. The molecule has 1 N–H and O–H groups in total. The van der Waals surface area contributed by atoms with Crippen molar-refractivity contribution >= 4 is 5.91 Å². The maximum Gasteiger partial charge on any atom is 0.244 e. The van der Waals surface area contributed by atoms with Gasteiger partial charge in [-0.1, -0.05) is 94.5 Å². The van der Waals surface area contributed by atoms with E-state index in [1.165, 1.54) is 6.08 Å². The molecule has 35 heavy (non-hydrogen) atoms. The fourth-order valence-corrected chi connectivity index (χ4v) is 2.91. The summed E-state index contributed by atoms with van der Waals surface area (Å²) in [6.45, 7) is 16.7. The van der Waals surface area contributed by atoms with Crippen LogP contribution in [0.2, 0.25) is 0 Å². The molecule has 0 unspecified atom stereocenters. The molecule has 190 valence electrons. The van der Waals surface area contributed by atoms with Crippen LogP contribution in [0.25, 0.3) is 0 Å². The summed E-state index contributed by atoms with van der Waals surface area (Å²) in [5.41, 5.74) is 4.01. The zero-order valence-corrected chi connectivity index (χ0v) is 22.6. The van der Waals surface area contributed by atoms with E-state index >= 15 is 0 Å². The summed E-state index contributed by atoms with van der Waals surface area (Å²) in [7, 11) is 1.63. The summed E-state index contributed by atoms with van der Waals surface area (Å²) in [4.78, 5) is 12.1. The van der Waals surface area contributed by atoms with Crippen molar-refractivity contribution in [3.05, 3.63) is 108 Å². The molecule has 0 radical (unpaired) electrons. The predicted molar refractivity (Wildman–Crippen MR) is 150 cm³/mol. The van der Waals surface area contributed by atoms with Gasteiger partial charge in [0.15, 0.2) is 11.5 Å². The molecule has 2 rings (SSSR count). The van der Waals surface area contributed by atoms with Crippen molar-refractivity contribution in [2.45, 2.75) is 54.6 Å². The standard InChI is InChI=1S/C27H31NO3.2C2H6/c1-5-9-22(18-21(2)3)13-15-27(29)28-17-16-23-12-14-25(30-4)26(19-23)31-20-24-10-7-6-8-11-24;2*1-2/h5-15,18-19H,2,16-17,20H2,1,3-4H3,(H,28,29);2*1-2H3/b9-5-,15-13+,22-18+;;. The van der Waals surface area contributed by atoms with Crippen LogP contribution in [0.3, 0.4) is 0 Å². The monoisotopic (exact) mass is 477 g/mol. The lowest BCUT2D eigenvalue weighted by molar-refractivity contribution is -0.116. The number of hydrogen-bond acceptors (Lipinski definition) is 3. The van der Waals surface area contributed by atoms with Crippen LogP contribution in [-0.4, -0.2) is 19.6 Å². The third kappa shape index (κ3) is 13.7. The molecule has 0 aliphatic heterocycles. The van der Waals surface area contributed by atoms with Crippen molar-refractivity contribution < 1.29 is 14.3 Å². The van der Waals surface area contributed by atoms with E-state index in [2.05, 4.69) is 11.9 Å². The topological polar surface area (TPSA) is 47.6 Å². The summed E-state index contributed by atoms with van der Waals surface area (Å²) in [5.74, 6) is 1.25. The molecule has 0 aliphatic carbocycles. The minimum absolute atomic E-state index is 0.133. The van der Waals surface area contributed by atoms with Gasteiger partial charge < -0.3 is 14.8 Å². The first-order valence-electron chi connectivity index (χ1n) is 12.3. The number of nitrogens with one attached hydrogen (secondary N) is 1. The zero-order valence-electron chi connectivity index (χ0n) is 22.6. The summed E-state index contributed by atoms with van der Waals surface area (Å²) in [6.07, 6.45) is 9.81. The second-order valence-electron chi connectivity index (χ2n) is 7.12. The van der Waals surface area contributed by atoms with E-state index in [0.29, 0.717) is 31.1 Å². The van der Waals surface area contributed by atoms with E-state index in [9.17, 15) is 4.79 Å². The largest absolute Gasteiger partial charge is 0.493 e. The molecular formula is C31H43NO3. The highest BCUT2D eigenvalue weighted by molar-refractivity contribution is 5.88. The number of hydrogen-bond donors (Lipinski definition) is 1. The molecule has 0 atom stereocenters. The smallest absolute Gasteiger partial charge is 0.244 e. The molecule has 0 aliphatic rings. The first-order valence-corrected chi connectivity index (χ1v) is 12.3. The molecule has 4 nitrogen and oxygen atoms in total. The number of carbonyl (C=O) groups excluding carboxylic acids is 1. The third-order valence-corrected chi connectivity index (χ3v) is 4.38. The molecule has 2 aromatic carbocycles. The number of amides is 1.